The van der Waals surface area contributed by atoms with E-state index < -0.39 is 0 Å². The van der Waals surface area contributed by atoms with Crippen LogP contribution < -0.4 is 9.80 Å². The van der Waals surface area contributed by atoms with Crippen molar-refractivity contribution >= 4 is 121 Å². The molecule has 0 atom stereocenters. The Kier molecular flexibility index (Phi) is 9.29. The summed E-state index contributed by atoms with van der Waals surface area (Å²) in [6.45, 7) is 4.02. The van der Waals surface area contributed by atoms with E-state index in [1.165, 1.54) is 0 Å². The largest absolute Gasteiger partial charge is 0.461 e. The lowest BCUT2D eigenvalue weighted by Crippen LogP contribution is -2.11. The highest BCUT2D eigenvalue weighted by molar-refractivity contribution is 6.19. The molecule has 6 heteroatoms. The number of anilines is 6. The average Bonchev–Trinajstić information content (AvgIpc) is 4.24. The molecule has 15 aromatic rings. The van der Waals surface area contributed by atoms with Gasteiger partial charge in [-0.1, -0.05) is 109 Å². The number of fused-ring (bicyclic) bond motifs is 10. The number of rotatable bonds is 8. The maximum atomic E-state index is 6.75. The summed E-state index contributed by atoms with van der Waals surface area (Å²) in [5, 5.41) is 10.7. The molecular formula is C68H44N2O4. The van der Waals surface area contributed by atoms with Crippen LogP contribution in [0, 0.1) is 13.8 Å². The molecule has 0 bridgehead atoms. The van der Waals surface area contributed by atoms with E-state index in [1.54, 1.807) is 0 Å². The summed E-state index contributed by atoms with van der Waals surface area (Å²) in [6, 6.07) is 81.8. The molecule has 0 fully saturated rings. The van der Waals surface area contributed by atoms with Crippen molar-refractivity contribution in [3.63, 3.8) is 0 Å². The maximum Gasteiger partial charge on any atom is 0.139 e. The SMILES string of the molecule is Cc1cc2c(N(c3ccccc3)c3ccc4cc5c(cc4c3)oc3cc4oc6cc7cc(N(c8ccccc8)c8c(-c9ccccc9)ccc9oc(C)cc89)ccc7cc6c4cc35)c(-c3ccccc3)ccc2o1. The molecule has 0 spiro atoms. The van der Waals surface area contributed by atoms with Gasteiger partial charge in [0.25, 0.3) is 0 Å². The van der Waals surface area contributed by atoms with E-state index in [0.717, 1.165) is 155 Å². The molecule has 0 saturated heterocycles. The summed E-state index contributed by atoms with van der Waals surface area (Å²) in [7, 11) is 0. The van der Waals surface area contributed by atoms with Gasteiger partial charge in [-0.2, -0.15) is 0 Å². The summed E-state index contributed by atoms with van der Waals surface area (Å²) in [5.41, 5.74) is 15.7. The Morgan fingerprint density at radius 2 is 0.649 bits per heavy atom. The van der Waals surface area contributed by atoms with Crippen molar-refractivity contribution < 1.29 is 17.7 Å². The van der Waals surface area contributed by atoms with Gasteiger partial charge < -0.3 is 27.5 Å². The molecule has 11 aromatic carbocycles. The standard InChI is InChI=1S/C68H44N2O4/c1-41-31-59-61(71-41)29-27-53(43-15-7-3-8-16-43)67(59)69(49-19-11-5-12-20-49)51-25-23-45-35-55-57-39-58-56-36-46-24-26-52(34-48(46)38-64(56)74-66(58)40-65(57)73-63(55)37-47(45)33-51)70(50-21-13-6-14-22-50)68-54(44-17-9-4-10-18-44)28-30-62-60(68)32-42(2)72-62/h3-40H,1-2H3. The second-order valence-electron chi connectivity index (χ2n) is 19.3. The van der Waals surface area contributed by atoms with Gasteiger partial charge in [-0.3, -0.25) is 0 Å². The molecule has 74 heavy (non-hydrogen) atoms. The average molecular weight is 953 g/mol. The van der Waals surface area contributed by atoms with Crippen LogP contribution in [0.15, 0.2) is 248 Å². The second kappa shape index (κ2) is 16.4. The van der Waals surface area contributed by atoms with Crippen molar-refractivity contribution in [1.29, 1.82) is 0 Å². The number of para-hydroxylation sites is 2. The van der Waals surface area contributed by atoms with E-state index in [9.17, 15) is 0 Å². The minimum Gasteiger partial charge on any atom is -0.461 e. The lowest BCUT2D eigenvalue weighted by Gasteiger charge is -2.28. The van der Waals surface area contributed by atoms with E-state index in [0.29, 0.717) is 0 Å². The zero-order valence-corrected chi connectivity index (χ0v) is 40.5. The fourth-order valence-electron chi connectivity index (χ4n) is 11.4. The van der Waals surface area contributed by atoms with Crippen LogP contribution >= 0.6 is 0 Å². The van der Waals surface area contributed by atoms with Gasteiger partial charge in [0.1, 0.15) is 45.0 Å². The number of furan rings is 4. The first-order valence-electron chi connectivity index (χ1n) is 25.0. The molecular weight excluding hydrogens is 909 g/mol. The number of nitrogens with zero attached hydrogens (tertiary/aromatic N) is 2. The smallest absolute Gasteiger partial charge is 0.139 e. The molecule has 4 heterocycles. The van der Waals surface area contributed by atoms with Gasteiger partial charge in [0.05, 0.1) is 11.4 Å². The van der Waals surface area contributed by atoms with Crippen molar-refractivity contribution in [3.05, 3.63) is 242 Å². The molecule has 0 aliphatic rings. The zero-order valence-electron chi connectivity index (χ0n) is 40.5. The van der Waals surface area contributed by atoms with Crippen molar-refractivity contribution in [3.8, 4) is 22.3 Å². The van der Waals surface area contributed by atoms with Crippen LogP contribution in [0.5, 0.6) is 0 Å². The fraction of sp³-hybridized carbons (Fsp3) is 0.0294. The number of benzene rings is 11. The molecule has 0 aliphatic carbocycles. The monoisotopic (exact) mass is 952 g/mol. The Morgan fingerprint density at radius 3 is 1.08 bits per heavy atom. The van der Waals surface area contributed by atoms with E-state index >= 15 is 0 Å². The third-order valence-corrected chi connectivity index (χ3v) is 14.7. The van der Waals surface area contributed by atoms with E-state index in [4.69, 9.17) is 17.7 Å². The molecule has 15 rings (SSSR count). The minimum absolute atomic E-state index is 0.783. The van der Waals surface area contributed by atoms with Crippen molar-refractivity contribution in [2.24, 2.45) is 0 Å². The van der Waals surface area contributed by atoms with Gasteiger partial charge in [0, 0.05) is 72.3 Å². The van der Waals surface area contributed by atoms with Gasteiger partial charge in [-0.05, 0) is 162 Å². The lowest BCUT2D eigenvalue weighted by atomic mass is 9.98. The van der Waals surface area contributed by atoms with Crippen LogP contribution in [0.1, 0.15) is 11.5 Å². The van der Waals surface area contributed by atoms with Crippen LogP contribution in [0.4, 0.5) is 34.1 Å². The Hall–Kier alpha value is -9.78. The Morgan fingerprint density at radius 1 is 0.257 bits per heavy atom. The first-order valence-corrected chi connectivity index (χ1v) is 25.0. The van der Waals surface area contributed by atoms with Gasteiger partial charge in [0.15, 0.2) is 0 Å². The maximum absolute atomic E-state index is 6.75. The number of hydrogen-bond acceptors (Lipinski definition) is 6. The highest BCUT2D eigenvalue weighted by Gasteiger charge is 2.25. The molecule has 0 saturated carbocycles. The third-order valence-electron chi connectivity index (χ3n) is 14.7. The van der Waals surface area contributed by atoms with Gasteiger partial charge in [-0.15, -0.1) is 0 Å². The summed E-state index contributed by atoms with van der Waals surface area (Å²) >= 11 is 0. The number of aryl methyl sites for hydroxylation is 2. The predicted octanol–water partition coefficient (Wildman–Crippen LogP) is 20.2. The van der Waals surface area contributed by atoms with Crippen LogP contribution in [-0.2, 0) is 0 Å². The number of hydrogen-bond donors (Lipinski definition) is 0. The Balaban J connectivity index is 0.849. The quantitative estimate of drug-likeness (QED) is 0.151. The summed E-state index contributed by atoms with van der Waals surface area (Å²) < 4.78 is 26.0. The summed E-state index contributed by atoms with van der Waals surface area (Å²) in [5.74, 6) is 1.74. The zero-order chi connectivity index (χ0) is 49.0. The van der Waals surface area contributed by atoms with E-state index in [1.807, 2.05) is 13.8 Å². The third kappa shape index (κ3) is 6.72. The van der Waals surface area contributed by atoms with Crippen LogP contribution in [0.3, 0.4) is 0 Å². The highest BCUT2D eigenvalue weighted by atomic mass is 16.3. The van der Waals surface area contributed by atoms with Gasteiger partial charge in [0.2, 0.25) is 0 Å². The highest BCUT2D eigenvalue weighted by Crippen LogP contribution is 2.49. The second-order valence-corrected chi connectivity index (χ2v) is 19.3. The van der Waals surface area contributed by atoms with Gasteiger partial charge in [-0.25, -0.2) is 0 Å². The topological polar surface area (TPSA) is 59.0 Å². The Labute approximate surface area is 425 Å². The summed E-state index contributed by atoms with van der Waals surface area (Å²) in [6.07, 6.45) is 0. The lowest BCUT2D eigenvalue weighted by molar-refractivity contribution is 0.578. The van der Waals surface area contributed by atoms with Crippen molar-refractivity contribution in [1.82, 2.24) is 0 Å². The van der Waals surface area contributed by atoms with E-state index in [-0.39, 0.29) is 0 Å². The predicted molar refractivity (Wildman–Crippen MR) is 305 cm³/mol. The van der Waals surface area contributed by atoms with Crippen molar-refractivity contribution in [2.45, 2.75) is 13.8 Å². The summed E-state index contributed by atoms with van der Waals surface area (Å²) in [4.78, 5) is 4.71. The first-order chi connectivity index (χ1) is 36.5. The van der Waals surface area contributed by atoms with Gasteiger partial charge >= 0.3 is 0 Å². The molecule has 4 aromatic heterocycles. The molecule has 0 aliphatic heterocycles. The Bertz CT molecular complexity index is 4390. The normalized spacial score (nSPS) is 11.9. The van der Waals surface area contributed by atoms with Crippen LogP contribution in [-0.4, -0.2) is 0 Å². The van der Waals surface area contributed by atoms with Crippen molar-refractivity contribution in [2.75, 3.05) is 9.80 Å². The minimum atomic E-state index is 0.783. The molecule has 0 amide bonds. The van der Waals surface area contributed by atoms with Crippen LogP contribution in [0.2, 0.25) is 0 Å². The molecule has 0 N–H and O–H groups in total. The first kappa shape index (κ1) is 42.0. The van der Waals surface area contributed by atoms with Crippen LogP contribution in [0.25, 0.3) is 110 Å². The molecule has 0 unspecified atom stereocenters. The van der Waals surface area contributed by atoms with E-state index in [2.05, 4.69) is 240 Å². The fourth-order valence-corrected chi connectivity index (χ4v) is 11.4. The molecule has 350 valence electrons. The molecule has 0 radical (unpaired) electrons. The molecule has 6 nitrogen and oxygen atoms in total.